The second kappa shape index (κ2) is 7.70. The number of terminal acetylenes is 1. The molecule has 136 valence electrons. The van der Waals surface area contributed by atoms with Crippen molar-refractivity contribution < 1.29 is 4.74 Å². The molecule has 2 N–H and O–H groups in total. The first kappa shape index (κ1) is 18.1. The third-order valence-corrected chi connectivity index (χ3v) is 4.23. The number of nitrogens with two attached hydrogens (primary N) is 1. The molecule has 0 unspecified atom stereocenters. The van der Waals surface area contributed by atoms with Crippen LogP contribution in [0.15, 0.2) is 47.5 Å². The van der Waals surface area contributed by atoms with Crippen LogP contribution in [-0.2, 0) is 13.5 Å². The van der Waals surface area contributed by atoms with Crippen molar-refractivity contribution in [2.24, 2.45) is 7.05 Å². The standard InChI is InChI=1S/C20H19N5O2/c1-4-14(16-10-19(26)25(2)20(21)24-16)8-13-6-5-7-15(9-13)17-11-22-12-18(23-17)27-3/h1,5-7,9-12,14H,8H2,2-3H3,(H2,21,24)/t14-/m0/s1. The fourth-order valence-corrected chi connectivity index (χ4v) is 2.68. The van der Waals surface area contributed by atoms with E-state index in [0.29, 0.717) is 23.7 Å². The van der Waals surface area contributed by atoms with Gasteiger partial charge in [-0.1, -0.05) is 24.1 Å². The van der Waals surface area contributed by atoms with Crippen molar-refractivity contribution in [1.82, 2.24) is 19.5 Å². The number of benzene rings is 1. The molecule has 7 heteroatoms. The Labute approximate surface area is 156 Å². The molecule has 2 aromatic heterocycles. The van der Waals surface area contributed by atoms with E-state index in [1.165, 1.54) is 10.6 Å². The summed E-state index contributed by atoms with van der Waals surface area (Å²) in [6.45, 7) is 0. The van der Waals surface area contributed by atoms with Gasteiger partial charge in [-0.2, -0.15) is 0 Å². The zero-order valence-electron chi connectivity index (χ0n) is 15.1. The molecule has 0 aliphatic heterocycles. The Balaban J connectivity index is 1.91. The van der Waals surface area contributed by atoms with Crippen molar-refractivity contribution in [3.05, 3.63) is 64.3 Å². The summed E-state index contributed by atoms with van der Waals surface area (Å²) in [5, 5.41) is 0. The van der Waals surface area contributed by atoms with E-state index in [-0.39, 0.29) is 17.4 Å². The first-order valence-corrected chi connectivity index (χ1v) is 8.26. The molecule has 0 saturated heterocycles. The molecule has 0 aliphatic carbocycles. The van der Waals surface area contributed by atoms with Crippen LogP contribution in [0.2, 0.25) is 0 Å². The van der Waals surface area contributed by atoms with E-state index in [4.69, 9.17) is 16.9 Å². The fourth-order valence-electron chi connectivity index (χ4n) is 2.68. The summed E-state index contributed by atoms with van der Waals surface area (Å²) in [5.74, 6) is 2.92. The Morgan fingerprint density at radius 2 is 2.11 bits per heavy atom. The Morgan fingerprint density at radius 3 is 2.81 bits per heavy atom. The Hall–Kier alpha value is -3.66. The minimum atomic E-state index is -0.368. The summed E-state index contributed by atoms with van der Waals surface area (Å²) >= 11 is 0. The molecule has 0 spiro atoms. The summed E-state index contributed by atoms with van der Waals surface area (Å²) in [6.07, 6.45) is 9.43. The molecule has 0 radical (unpaired) electrons. The highest BCUT2D eigenvalue weighted by atomic mass is 16.5. The third kappa shape index (κ3) is 3.96. The van der Waals surface area contributed by atoms with Crippen molar-refractivity contribution in [3.8, 4) is 29.5 Å². The molecular weight excluding hydrogens is 342 g/mol. The monoisotopic (exact) mass is 361 g/mol. The van der Waals surface area contributed by atoms with Crippen LogP contribution >= 0.6 is 0 Å². The normalized spacial score (nSPS) is 11.6. The molecule has 1 atom stereocenters. The maximum atomic E-state index is 12.0. The average molecular weight is 361 g/mol. The minimum absolute atomic E-state index is 0.137. The van der Waals surface area contributed by atoms with Crippen LogP contribution in [0.4, 0.5) is 5.95 Å². The molecule has 2 heterocycles. The van der Waals surface area contributed by atoms with E-state index in [1.807, 2.05) is 24.3 Å². The van der Waals surface area contributed by atoms with E-state index in [0.717, 1.165) is 11.1 Å². The summed E-state index contributed by atoms with van der Waals surface area (Å²) in [4.78, 5) is 24.8. The molecule has 0 amide bonds. The van der Waals surface area contributed by atoms with Crippen molar-refractivity contribution in [1.29, 1.82) is 0 Å². The van der Waals surface area contributed by atoms with Crippen LogP contribution in [0.1, 0.15) is 17.2 Å². The van der Waals surface area contributed by atoms with Crippen molar-refractivity contribution in [2.45, 2.75) is 12.3 Å². The summed E-state index contributed by atoms with van der Waals surface area (Å²) in [6, 6.07) is 9.24. The molecule has 7 nitrogen and oxygen atoms in total. The molecule has 0 fully saturated rings. The number of ether oxygens (including phenoxy) is 1. The van der Waals surface area contributed by atoms with E-state index in [1.54, 1.807) is 26.6 Å². The molecular formula is C20H19N5O2. The summed E-state index contributed by atoms with van der Waals surface area (Å²) < 4.78 is 6.40. The Morgan fingerprint density at radius 1 is 1.30 bits per heavy atom. The lowest BCUT2D eigenvalue weighted by Gasteiger charge is -2.13. The second-order valence-corrected chi connectivity index (χ2v) is 6.01. The molecule has 0 saturated carbocycles. The average Bonchev–Trinajstić information content (AvgIpc) is 2.70. The first-order valence-electron chi connectivity index (χ1n) is 8.26. The Bertz CT molecular complexity index is 1070. The zero-order valence-corrected chi connectivity index (χ0v) is 15.1. The minimum Gasteiger partial charge on any atom is -0.480 e. The van der Waals surface area contributed by atoms with Crippen molar-refractivity contribution in [3.63, 3.8) is 0 Å². The number of aromatic nitrogens is 4. The van der Waals surface area contributed by atoms with Gasteiger partial charge in [0.2, 0.25) is 11.8 Å². The number of anilines is 1. The lowest BCUT2D eigenvalue weighted by Crippen LogP contribution is -2.23. The van der Waals surface area contributed by atoms with Gasteiger partial charge in [0.1, 0.15) is 0 Å². The zero-order chi connectivity index (χ0) is 19.4. The lowest BCUT2D eigenvalue weighted by molar-refractivity contribution is 0.396. The number of nitrogen functional groups attached to an aromatic ring is 1. The predicted molar refractivity (Wildman–Crippen MR) is 103 cm³/mol. The first-order chi connectivity index (χ1) is 13.0. The van der Waals surface area contributed by atoms with Crippen LogP contribution in [0.5, 0.6) is 5.88 Å². The fraction of sp³-hybridized carbons (Fsp3) is 0.200. The van der Waals surface area contributed by atoms with Gasteiger partial charge in [-0.3, -0.25) is 14.3 Å². The van der Waals surface area contributed by atoms with Gasteiger partial charge < -0.3 is 10.5 Å². The smallest absolute Gasteiger partial charge is 0.254 e. The predicted octanol–water partition coefficient (Wildman–Crippen LogP) is 1.79. The van der Waals surface area contributed by atoms with Gasteiger partial charge in [0.15, 0.2) is 0 Å². The highest BCUT2D eigenvalue weighted by molar-refractivity contribution is 5.59. The van der Waals surface area contributed by atoms with Crippen LogP contribution in [0.25, 0.3) is 11.3 Å². The van der Waals surface area contributed by atoms with E-state index in [2.05, 4.69) is 20.9 Å². The van der Waals surface area contributed by atoms with Gasteiger partial charge >= 0.3 is 0 Å². The number of methoxy groups -OCH3 is 1. The van der Waals surface area contributed by atoms with Crippen LogP contribution < -0.4 is 16.0 Å². The lowest BCUT2D eigenvalue weighted by atomic mass is 9.95. The third-order valence-electron chi connectivity index (χ3n) is 4.23. The van der Waals surface area contributed by atoms with Gasteiger partial charge in [-0.15, -0.1) is 6.42 Å². The number of hydrogen-bond acceptors (Lipinski definition) is 6. The van der Waals surface area contributed by atoms with Gasteiger partial charge in [0, 0.05) is 18.7 Å². The van der Waals surface area contributed by atoms with Gasteiger partial charge in [-0.05, 0) is 18.1 Å². The van der Waals surface area contributed by atoms with Crippen LogP contribution in [-0.4, -0.2) is 26.6 Å². The molecule has 3 rings (SSSR count). The second-order valence-electron chi connectivity index (χ2n) is 6.01. The summed E-state index contributed by atoms with van der Waals surface area (Å²) in [7, 11) is 3.11. The number of hydrogen-bond donors (Lipinski definition) is 1. The van der Waals surface area contributed by atoms with Crippen molar-refractivity contribution in [2.75, 3.05) is 12.8 Å². The topological polar surface area (TPSA) is 95.9 Å². The number of nitrogens with zero attached hydrogens (tertiary/aromatic N) is 4. The van der Waals surface area contributed by atoms with E-state index >= 15 is 0 Å². The Kier molecular flexibility index (Phi) is 5.18. The van der Waals surface area contributed by atoms with Gasteiger partial charge in [0.25, 0.3) is 5.56 Å². The van der Waals surface area contributed by atoms with Gasteiger partial charge in [0.05, 0.1) is 36.8 Å². The van der Waals surface area contributed by atoms with Crippen molar-refractivity contribution >= 4 is 5.95 Å². The largest absolute Gasteiger partial charge is 0.480 e. The van der Waals surface area contributed by atoms with E-state index < -0.39 is 0 Å². The molecule has 1 aromatic carbocycles. The molecule has 27 heavy (non-hydrogen) atoms. The maximum Gasteiger partial charge on any atom is 0.254 e. The quantitative estimate of drug-likeness (QED) is 0.696. The maximum absolute atomic E-state index is 12.0. The van der Waals surface area contributed by atoms with Gasteiger partial charge in [-0.25, -0.2) is 9.97 Å². The number of rotatable bonds is 5. The molecule has 0 bridgehead atoms. The highest BCUT2D eigenvalue weighted by Crippen LogP contribution is 2.23. The summed E-state index contributed by atoms with van der Waals surface area (Å²) in [5.41, 5.74) is 8.62. The van der Waals surface area contributed by atoms with Crippen LogP contribution in [0.3, 0.4) is 0 Å². The van der Waals surface area contributed by atoms with Crippen LogP contribution in [0, 0.1) is 12.3 Å². The molecule has 0 aliphatic rings. The molecule has 3 aromatic rings. The van der Waals surface area contributed by atoms with E-state index in [9.17, 15) is 4.79 Å². The SMILES string of the molecule is C#C[C@@H](Cc1cccc(-c2cncc(OC)n2)c1)c1cc(=O)n(C)c(N)n1. The highest BCUT2D eigenvalue weighted by Gasteiger charge is 2.15.